The molecule has 0 aromatic carbocycles. The number of likely N-dealkylation sites (tertiary alicyclic amines) is 1. The molecule has 1 aromatic rings. The number of rotatable bonds is 3. The van der Waals surface area contributed by atoms with Gasteiger partial charge in [0.15, 0.2) is 0 Å². The van der Waals surface area contributed by atoms with Gasteiger partial charge in [-0.3, -0.25) is 4.90 Å². The van der Waals surface area contributed by atoms with Crippen LogP contribution in [0.15, 0.2) is 10.6 Å². The molecule has 2 rings (SSSR count). The first-order valence-corrected chi connectivity index (χ1v) is 6.79. The smallest absolute Gasteiger partial charge is 0.208 e. The highest BCUT2D eigenvalue weighted by Crippen LogP contribution is 2.25. The minimum atomic E-state index is 0.0323. The monoisotopic (exact) mass is 251 g/mol. The van der Waals surface area contributed by atoms with E-state index in [1.54, 1.807) is 0 Å². The van der Waals surface area contributed by atoms with Crippen LogP contribution in [0.3, 0.4) is 0 Å². The van der Waals surface area contributed by atoms with E-state index in [9.17, 15) is 0 Å². The average Bonchev–Trinajstić information content (AvgIpc) is 2.85. The molecule has 102 valence electrons. The van der Waals surface area contributed by atoms with Crippen molar-refractivity contribution in [2.75, 3.05) is 13.1 Å². The number of hydrogen-bond acceptors (Lipinski definition) is 4. The maximum atomic E-state index is 5.95. The molecule has 1 fully saturated rings. The summed E-state index contributed by atoms with van der Waals surface area (Å²) >= 11 is 0. The molecule has 2 N–H and O–H groups in total. The van der Waals surface area contributed by atoms with E-state index in [2.05, 4.69) is 37.6 Å². The van der Waals surface area contributed by atoms with Crippen molar-refractivity contribution in [2.45, 2.75) is 52.1 Å². The van der Waals surface area contributed by atoms with Crippen molar-refractivity contribution in [1.29, 1.82) is 0 Å². The normalized spacial score (nSPS) is 23.5. The van der Waals surface area contributed by atoms with Crippen LogP contribution >= 0.6 is 0 Å². The van der Waals surface area contributed by atoms with E-state index in [0.29, 0.717) is 5.92 Å². The SMILES string of the molecule is CC(N)C1CCN(Cc2ncc(C(C)(C)C)o2)C1. The van der Waals surface area contributed by atoms with E-state index in [-0.39, 0.29) is 11.5 Å². The van der Waals surface area contributed by atoms with Crippen LogP contribution < -0.4 is 5.73 Å². The van der Waals surface area contributed by atoms with Crippen LogP contribution in [-0.4, -0.2) is 29.0 Å². The molecule has 2 heterocycles. The fourth-order valence-electron chi connectivity index (χ4n) is 2.36. The van der Waals surface area contributed by atoms with Gasteiger partial charge < -0.3 is 10.2 Å². The van der Waals surface area contributed by atoms with Gasteiger partial charge in [-0.25, -0.2) is 4.98 Å². The van der Waals surface area contributed by atoms with Crippen LogP contribution in [0.2, 0.25) is 0 Å². The second-order valence-corrected chi connectivity index (χ2v) is 6.51. The van der Waals surface area contributed by atoms with E-state index in [1.807, 2.05) is 6.20 Å². The number of nitrogens with zero attached hydrogens (tertiary/aromatic N) is 2. The molecule has 0 spiro atoms. The molecule has 0 aliphatic carbocycles. The average molecular weight is 251 g/mol. The molecular weight excluding hydrogens is 226 g/mol. The van der Waals surface area contributed by atoms with Gasteiger partial charge in [-0.05, 0) is 25.8 Å². The van der Waals surface area contributed by atoms with Gasteiger partial charge in [0.25, 0.3) is 0 Å². The lowest BCUT2D eigenvalue weighted by Gasteiger charge is -2.16. The van der Waals surface area contributed by atoms with Crippen molar-refractivity contribution in [3.05, 3.63) is 17.8 Å². The summed E-state index contributed by atoms with van der Waals surface area (Å²) in [7, 11) is 0. The maximum Gasteiger partial charge on any atom is 0.208 e. The van der Waals surface area contributed by atoms with Gasteiger partial charge in [0, 0.05) is 18.0 Å². The van der Waals surface area contributed by atoms with Crippen molar-refractivity contribution in [2.24, 2.45) is 11.7 Å². The van der Waals surface area contributed by atoms with Crippen LogP contribution in [0.4, 0.5) is 0 Å². The van der Waals surface area contributed by atoms with Gasteiger partial charge in [-0.1, -0.05) is 20.8 Å². The first kappa shape index (κ1) is 13.6. The van der Waals surface area contributed by atoms with Gasteiger partial charge in [-0.15, -0.1) is 0 Å². The summed E-state index contributed by atoms with van der Waals surface area (Å²) in [6.45, 7) is 11.5. The fourth-order valence-corrected chi connectivity index (χ4v) is 2.36. The molecule has 1 saturated heterocycles. The van der Waals surface area contributed by atoms with Crippen molar-refractivity contribution < 1.29 is 4.42 Å². The lowest BCUT2D eigenvalue weighted by molar-refractivity contribution is 0.265. The predicted octanol–water partition coefficient (Wildman–Crippen LogP) is 2.14. The van der Waals surface area contributed by atoms with Crippen LogP contribution in [-0.2, 0) is 12.0 Å². The van der Waals surface area contributed by atoms with Crippen molar-refractivity contribution in [1.82, 2.24) is 9.88 Å². The number of nitrogens with two attached hydrogens (primary N) is 1. The van der Waals surface area contributed by atoms with Crippen molar-refractivity contribution in [3.63, 3.8) is 0 Å². The minimum absolute atomic E-state index is 0.0323. The van der Waals surface area contributed by atoms with Gasteiger partial charge in [0.2, 0.25) is 5.89 Å². The molecule has 0 bridgehead atoms. The number of hydrogen-bond donors (Lipinski definition) is 1. The Morgan fingerprint density at radius 1 is 1.56 bits per heavy atom. The summed E-state index contributed by atoms with van der Waals surface area (Å²) in [5, 5.41) is 0. The molecule has 0 saturated carbocycles. The first-order chi connectivity index (χ1) is 8.36. The predicted molar refractivity (Wildman–Crippen MR) is 72.2 cm³/mol. The molecule has 1 aliphatic rings. The highest BCUT2D eigenvalue weighted by atomic mass is 16.4. The molecule has 1 aliphatic heterocycles. The van der Waals surface area contributed by atoms with Gasteiger partial charge >= 0.3 is 0 Å². The summed E-state index contributed by atoms with van der Waals surface area (Å²) in [6, 6.07) is 0.282. The molecule has 18 heavy (non-hydrogen) atoms. The third kappa shape index (κ3) is 3.12. The summed E-state index contributed by atoms with van der Waals surface area (Å²) in [4.78, 5) is 6.76. The zero-order valence-corrected chi connectivity index (χ0v) is 11.9. The van der Waals surface area contributed by atoms with E-state index in [1.165, 1.54) is 6.42 Å². The Balaban J connectivity index is 1.93. The highest BCUT2D eigenvalue weighted by molar-refractivity contribution is 5.06. The number of oxazole rings is 1. The largest absolute Gasteiger partial charge is 0.444 e. The van der Waals surface area contributed by atoms with Gasteiger partial charge in [0.05, 0.1) is 12.7 Å². The highest BCUT2D eigenvalue weighted by Gasteiger charge is 2.26. The zero-order chi connectivity index (χ0) is 13.3. The van der Waals surface area contributed by atoms with Gasteiger partial charge in [0.1, 0.15) is 5.76 Å². The lowest BCUT2D eigenvalue weighted by atomic mass is 9.94. The standard InChI is InChI=1S/C14H25N3O/c1-10(15)11-5-6-17(8-11)9-13-16-7-12(18-13)14(2,3)4/h7,10-11H,5-6,8-9,15H2,1-4H3. The Bertz CT molecular complexity index is 392. The van der Waals surface area contributed by atoms with Crippen molar-refractivity contribution >= 4 is 0 Å². The molecule has 0 radical (unpaired) electrons. The Hall–Kier alpha value is -0.870. The zero-order valence-electron chi connectivity index (χ0n) is 11.9. The summed E-state index contributed by atoms with van der Waals surface area (Å²) in [5.74, 6) is 2.40. The Morgan fingerprint density at radius 3 is 2.78 bits per heavy atom. The second-order valence-electron chi connectivity index (χ2n) is 6.51. The summed E-state index contributed by atoms with van der Waals surface area (Å²) in [6.07, 6.45) is 3.04. The Kier molecular flexibility index (Phi) is 3.78. The van der Waals surface area contributed by atoms with Crippen LogP contribution in [0.1, 0.15) is 45.8 Å². The lowest BCUT2D eigenvalue weighted by Crippen LogP contribution is -2.29. The third-order valence-electron chi connectivity index (χ3n) is 3.70. The Morgan fingerprint density at radius 2 is 2.28 bits per heavy atom. The molecule has 0 amide bonds. The van der Waals surface area contributed by atoms with E-state index < -0.39 is 0 Å². The molecule has 2 atom stereocenters. The first-order valence-electron chi connectivity index (χ1n) is 6.79. The van der Waals surface area contributed by atoms with Crippen LogP contribution in [0.5, 0.6) is 0 Å². The van der Waals surface area contributed by atoms with Crippen molar-refractivity contribution in [3.8, 4) is 0 Å². The topological polar surface area (TPSA) is 55.3 Å². The third-order valence-corrected chi connectivity index (χ3v) is 3.70. The summed E-state index contributed by atoms with van der Waals surface area (Å²) < 4.78 is 5.82. The quantitative estimate of drug-likeness (QED) is 0.894. The molecule has 4 heteroatoms. The Labute approximate surface area is 110 Å². The van der Waals surface area contributed by atoms with Gasteiger partial charge in [-0.2, -0.15) is 0 Å². The van der Waals surface area contributed by atoms with E-state index in [4.69, 9.17) is 10.2 Å². The van der Waals surface area contributed by atoms with E-state index >= 15 is 0 Å². The molecular formula is C14H25N3O. The van der Waals surface area contributed by atoms with Crippen LogP contribution in [0, 0.1) is 5.92 Å². The maximum absolute atomic E-state index is 5.95. The molecule has 1 aromatic heterocycles. The minimum Gasteiger partial charge on any atom is -0.444 e. The second kappa shape index (κ2) is 5.02. The molecule has 2 unspecified atom stereocenters. The summed E-state index contributed by atoms with van der Waals surface area (Å²) in [5.41, 5.74) is 5.98. The van der Waals surface area contributed by atoms with Crippen LogP contribution in [0.25, 0.3) is 0 Å². The number of aromatic nitrogens is 1. The van der Waals surface area contributed by atoms with E-state index in [0.717, 1.165) is 31.3 Å². The molecule has 4 nitrogen and oxygen atoms in total. The fraction of sp³-hybridized carbons (Fsp3) is 0.786.